The van der Waals surface area contributed by atoms with Gasteiger partial charge in [0.2, 0.25) is 0 Å². The summed E-state index contributed by atoms with van der Waals surface area (Å²) in [6.07, 6.45) is 1.76. The highest BCUT2D eigenvalue weighted by atomic mass is 15.4. The fourth-order valence-electron chi connectivity index (χ4n) is 1.68. The molecule has 2 heterocycles. The molecular weight excluding hydrogens is 204 g/mol. The van der Waals surface area contributed by atoms with Crippen molar-refractivity contribution in [3.63, 3.8) is 0 Å². The van der Waals surface area contributed by atoms with E-state index in [-0.39, 0.29) is 0 Å². The van der Waals surface area contributed by atoms with Gasteiger partial charge in [-0.3, -0.25) is 9.36 Å². The lowest BCUT2D eigenvalue weighted by Gasteiger charge is -2.06. The molecule has 0 unspecified atom stereocenters. The summed E-state index contributed by atoms with van der Waals surface area (Å²) in [5.74, 6) is 0. The lowest BCUT2D eigenvalue weighted by atomic mass is 10.3. The average Bonchev–Trinajstić information content (AvgIpc) is 2.72. The Morgan fingerprint density at radius 2 is 2.00 bits per heavy atom. The third-order valence-corrected chi connectivity index (χ3v) is 2.76. The standard InChI is InChI=1S/C10H16N6/c1-7-10(8(2)15(3)13-7)11-5-9-6-12-14-16(9)4/h6,11H,5H2,1-4H3. The topological polar surface area (TPSA) is 60.6 Å². The smallest absolute Gasteiger partial charge is 0.0827 e. The number of hydrogen-bond donors (Lipinski definition) is 1. The molecule has 86 valence electrons. The lowest BCUT2D eigenvalue weighted by molar-refractivity contribution is 0.683. The van der Waals surface area contributed by atoms with Gasteiger partial charge < -0.3 is 5.32 Å². The van der Waals surface area contributed by atoms with Crippen molar-refractivity contribution in [2.24, 2.45) is 14.1 Å². The zero-order valence-corrected chi connectivity index (χ0v) is 10.0. The van der Waals surface area contributed by atoms with Crippen LogP contribution >= 0.6 is 0 Å². The molecule has 0 saturated heterocycles. The molecule has 0 aliphatic rings. The van der Waals surface area contributed by atoms with Crippen LogP contribution < -0.4 is 5.32 Å². The van der Waals surface area contributed by atoms with Gasteiger partial charge in [-0.25, -0.2) is 0 Å². The Labute approximate surface area is 94.3 Å². The molecule has 6 heteroatoms. The molecule has 1 N–H and O–H groups in total. The summed E-state index contributed by atoms with van der Waals surface area (Å²) in [7, 11) is 3.83. The van der Waals surface area contributed by atoms with Crippen LogP contribution in [-0.2, 0) is 20.6 Å². The highest BCUT2D eigenvalue weighted by Gasteiger charge is 2.09. The number of rotatable bonds is 3. The van der Waals surface area contributed by atoms with Gasteiger partial charge in [-0.2, -0.15) is 5.10 Å². The molecule has 6 nitrogen and oxygen atoms in total. The minimum absolute atomic E-state index is 0.705. The average molecular weight is 220 g/mol. The van der Waals surface area contributed by atoms with E-state index in [0.717, 1.165) is 22.8 Å². The van der Waals surface area contributed by atoms with Gasteiger partial charge in [-0.15, -0.1) is 5.10 Å². The van der Waals surface area contributed by atoms with Gasteiger partial charge in [0.15, 0.2) is 0 Å². The summed E-state index contributed by atoms with van der Waals surface area (Å²) in [6.45, 7) is 4.75. The van der Waals surface area contributed by atoms with Crippen LogP contribution in [0.25, 0.3) is 0 Å². The van der Waals surface area contributed by atoms with Gasteiger partial charge in [0.25, 0.3) is 0 Å². The normalized spacial score (nSPS) is 10.8. The van der Waals surface area contributed by atoms with E-state index in [2.05, 4.69) is 20.7 Å². The number of aryl methyl sites for hydroxylation is 3. The van der Waals surface area contributed by atoms with Crippen LogP contribution in [0.2, 0.25) is 0 Å². The molecule has 0 spiro atoms. The first kappa shape index (κ1) is 10.7. The van der Waals surface area contributed by atoms with Gasteiger partial charge in [0.05, 0.1) is 35.5 Å². The molecule has 2 aromatic rings. The first-order valence-corrected chi connectivity index (χ1v) is 5.17. The molecule has 0 atom stereocenters. The van der Waals surface area contributed by atoms with E-state index in [0.29, 0.717) is 6.54 Å². The summed E-state index contributed by atoms with van der Waals surface area (Å²) in [4.78, 5) is 0. The number of anilines is 1. The van der Waals surface area contributed by atoms with Crippen LogP contribution in [0.3, 0.4) is 0 Å². The molecule has 0 bridgehead atoms. The van der Waals surface area contributed by atoms with Crippen molar-refractivity contribution in [1.82, 2.24) is 24.8 Å². The summed E-state index contributed by atoms with van der Waals surface area (Å²) in [5, 5.41) is 15.4. The Morgan fingerprint density at radius 1 is 1.25 bits per heavy atom. The maximum absolute atomic E-state index is 4.35. The number of hydrogen-bond acceptors (Lipinski definition) is 4. The van der Waals surface area contributed by atoms with Gasteiger partial charge >= 0.3 is 0 Å². The Kier molecular flexibility index (Phi) is 2.64. The van der Waals surface area contributed by atoms with Gasteiger partial charge in [0, 0.05) is 14.1 Å². The molecule has 2 aromatic heterocycles. The molecule has 0 saturated carbocycles. The molecule has 0 aliphatic heterocycles. The van der Waals surface area contributed by atoms with Gasteiger partial charge in [-0.05, 0) is 13.8 Å². The highest BCUT2D eigenvalue weighted by molar-refractivity contribution is 5.51. The van der Waals surface area contributed by atoms with E-state index in [9.17, 15) is 0 Å². The fraction of sp³-hybridized carbons (Fsp3) is 0.500. The number of nitrogens with zero attached hydrogens (tertiary/aromatic N) is 5. The zero-order chi connectivity index (χ0) is 11.7. The second-order valence-corrected chi connectivity index (χ2v) is 3.87. The highest BCUT2D eigenvalue weighted by Crippen LogP contribution is 2.18. The molecule has 0 aromatic carbocycles. The van der Waals surface area contributed by atoms with Crippen LogP contribution in [0.1, 0.15) is 17.1 Å². The number of aromatic nitrogens is 5. The van der Waals surface area contributed by atoms with Crippen molar-refractivity contribution in [2.45, 2.75) is 20.4 Å². The van der Waals surface area contributed by atoms with Gasteiger partial charge in [0.1, 0.15) is 0 Å². The third-order valence-electron chi connectivity index (χ3n) is 2.76. The summed E-state index contributed by atoms with van der Waals surface area (Å²) >= 11 is 0. The Bertz CT molecular complexity index is 495. The lowest BCUT2D eigenvalue weighted by Crippen LogP contribution is -2.06. The second-order valence-electron chi connectivity index (χ2n) is 3.87. The first-order chi connectivity index (χ1) is 7.59. The van der Waals surface area contributed by atoms with E-state index in [4.69, 9.17) is 0 Å². The molecular formula is C10H16N6. The predicted octanol–water partition coefficient (Wildman–Crippen LogP) is 0.778. The van der Waals surface area contributed by atoms with E-state index < -0.39 is 0 Å². The Morgan fingerprint density at radius 3 is 2.50 bits per heavy atom. The van der Waals surface area contributed by atoms with Crippen molar-refractivity contribution < 1.29 is 0 Å². The largest absolute Gasteiger partial charge is 0.376 e. The Balaban J connectivity index is 2.13. The predicted molar refractivity (Wildman–Crippen MR) is 61.0 cm³/mol. The monoisotopic (exact) mass is 220 g/mol. The van der Waals surface area contributed by atoms with E-state index >= 15 is 0 Å². The molecule has 16 heavy (non-hydrogen) atoms. The van der Waals surface area contributed by atoms with E-state index in [1.165, 1.54) is 0 Å². The van der Waals surface area contributed by atoms with Gasteiger partial charge in [-0.1, -0.05) is 5.21 Å². The van der Waals surface area contributed by atoms with Crippen LogP contribution in [0.15, 0.2) is 6.20 Å². The maximum atomic E-state index is 4.35. The summed E-state index contributed by atoms with van der Waals surface area (Å²) < 4.78 is 3.63. The third kappa shape index (κ3) is 1.78. The van der Waals surface area contributed by atoms with Crippen LogP contribution in [0.4, 0.5) is 5.69 Å². The van der Waals surface area contributed by atoms with Crippen molar-refractivity contribution in [3.8, 4) is 0 Å². The van der Waals surface area contributed by atoms with Crippen LogP contribution in [0, 0.1) is 13.8 Å². The van der Waals surface area contributed by atoms with E-state index in [1.807, 2.05) is 32.6 Å². The van der Waals surface area contributed by atoms with Crippen LogP contribution in [0.5, 0.6) is 0 Å². The Hall–Kier alpha value is -1.85. The molecule has 0 aliphatic carbocycles. The molecule has 2 rings (SSSR count). The molecule has 0 radical (unpaired) electrons. The minimum Gasteiger partial charge on any atom is -0.376 e. The second kappa shape index (κ2) is 3.96. The van der Waals surface area contributed by atoms with Crippen molar-refractivity contribution in [1.29, 1.82) is 0 Å². The first-order valence-electron chi connectivity index (χ1n) is 5.17. The molecule has 0 fully saturated rings. The minimum atomic E-state index is 0.705. The van der Waals surface area contributed by atoms with Crippen molar-refractivity contribution >= 4 is 5.69 Å². The zero-order valence-electron chi connectivity index (χ0n) is 10.0. The fourth-order valence-corrected chi connectivity index (χ4v) is 1.68. The summed E-state index contributed by atoms with van der Waals surface area (Å²) in [6, 6.07) is 0. The van der Waals surface area contributed by atoms with Crippen molar-refractivity contribution in [3.05, 3.63) is 23.3 Å². The van der Waals surface area contributed by atoms with Crippen molar-refractivity contribution in [2.75, 3.05) is 5.32 Å². The maximum Gasteiger partial charge on any atom is 0.0827 e. The quantitative estimate of drug-likeness (QED) is 0.830. The molecule has 0 amide bonds. The SMILES string of the molecule is Cc1nn(C)c(C)c1NCc1cnnn1C. The summed E-state index contributed by atoms with van der Waals surface area (Å²) in [5.41, 5.74) is 4.27. The number of nitrogens with one attached hydrogen (secondary N) is 1. The van der Waals surface area contributed by atoms with Crippen LogP contribution in [-0.4, -0.2) is 24.8 Å². The van der Waals surface area contributed by atoms with E-state index in [1.54, 1.807) is 10.9 Å².